The first kappa shape index (κ1) is 16.2. The van der Waals surface area contributed by atoms with Gasteiger partial charge in [-0.3, -0.25) is 4.79 Å². The maximum atomic E-state index is 13.9. The van der Waals surface area contributed by atoms with Gasteiger partial charge in [-0.05, 0) is 25.1 Å². The van der Waals surface area contributed by atoms with Gasteiger partial charge in [0.15, 0.2) is 0 Å². The molecule has 0 radical (unpaired) electrons. The van der Waals surface area contributed by atoms with E-state index in [1.807, 2.05) is 0 Å². The summed E-state index contributed by atoms with van der Waals surface area (Å²) < 4.78 is 13.9. The molecule has 1 rings (SSSR count). The van der Waals surface area contributed by atoms with Crippen molar-refractivity contribution in [2.45, 2.75) is 19.4 Å². The van der Waals surface area contributed by atoms with E-state index >= 15 is 0 Å². The molecule has 5 heteroatoms. The molecule has 20 heavy (non-hydrogen) atoms. The largest absolute Gasteiger partial charge is 0.395 e. The van der Waals surface area contributed by atoms with Gasteiger partial charge in [0.05, 0.1) is 18.3 Å². The van der Waals surface area contributed by atoms with Crippen LogP contribution in [0.25, 0.3) is 0 Å². The fourth-order valence-corrected chi connectivity index (χ4v) is 1.67. The van der Waals surface area contributed by atoms with Crippen molar-refractivity contribution in [2.24, 2.45) is 0 Å². The third-order valence-corrected chi connectivity index (χ3v) is 2.55. The standard InChI is InChI=1S/C15H18FNO3/c1-11(19)10-17(2)15(20)13-7-6-12(9-14(13)16)5-3-4-8-18/h6-7,9,11,18-19H,4,8,10H2,1-2H3. The number of likely N-dealkylation sites (N-methyl/N-ethyl adjacent to an activating group) is 1. The summed E-state index contributed by atoms with van der Waals surface area (Å²) in [4.78, 5) is 13.2. The number of hydrogen-bond acceptors (Lipinski definition) is 3. The molecule has 0 aliphatic heterocycles. The SMILES string of the molecule is CC(O)CN(C)C(=O)c1ccc(C#CCCO)cc1F. The first-order valence-electron chi connectivity index (χ1n) is 6.28. The first-order valence-corrected chi connectivity index (χ1v) is 6.28. The lowest BCUT2D eigenvalue weighted by atomic mass is 10.1. The molecule has 0 fully saturated rings. The zero-order valence-electron chi connectivity index (χ0n) is 11.6. The number of halogens is 1. The number of nitrogens with zero attached hydrogens (tertiary/aromatic N) is 1. The van der Waals surface area contributed by atoms with Crippen LogP contribution < -0.4 is 0 Å². The van der Waals surface area contributed by atoms with E-state index in [1.54, 1.807) is 13.0 Å². The van der Waals surface area contributed by atoms with Gasteiger partial charge in [0, 0.05) is 25.6 Å². The van der Waals surface area contributed by atoms with E-state index in [4.69, 9.17) is 5.11 Å². The summed E-state index contributed by atoms with van der Waals surface area (Å²) in [5.41, 5.74) is 0.395. The Morgan fingerprint density at radius 1 is 1.50 bits per heavy atom. The Balaban J connectivity index is 2.88. The van der Waals surface area contributed by atoms with Crippen LogP contribution in [-0.2, 0) is 0 Å². The summed E-state index contributed by atoms with van der Waals surface area (Å²) in [6.07, 6.45) is -0.352. The van der Waals surface area contributed by atoms with Crippen LogP contribution in [0.5, 0.6) is 0 Å². The average molecular weight is 279 g/mol. The number of aliphatic hydroxyl groups is 2. The summed E-state index contributed by atoms with van der Waals surface area (Å²) in [5, 5.41) is 17.8. The van der Waals surface area contributed by atoms with Crippen LogP contribution in [0.3, 0.4) is 0 Å². The van der Waals surface area contributed by atoms with Gasteiger partial charge in [-0.25, -0.2) is 4.39 Å². The van der Waals surface area contributed by atoms with Gasteiger partial charge in [-0.1, -0.05) is 11.8 Å². The molecule has 0 bridgehead atoms. The van der Waals surface area contributed by atoms with Crippen molar-refractivity contribution in [2.75, 3.05) is 20.2 Å². The second-order valence-corrected chi connectivity index (χ2v) is 4.50. The molecule has 1 amide bonds. The quantitative estimate of drug-likeness (QED) is 0.809. The molecule has 4 nitrogen and oxygen atoms in total. The zero-order valence-corrected chi connectivity index (χ0v) is 11.6. The smallest absolute Gasteiger partial charge is 0.256 e. The minimum absolute atomic E-state index is 0.0454. The molecule has 1 unspecified atom stereocenters. The lowest BCUT2D eigenvalue weighted by Crippen LogP contribution is -2.33. The Hall–Kier alpha value is -1.90. The highest BCUT2D eigenvalue weighted by Crippen LogP contribution is 2.12. The van der Waals surface area contributed by atoms with Crippen LogP contribution in [0.15, 0.2) is 18.2 Å². The van der Waals surface area contributed by atoms with Gasteiger partial charge in [0.2, 0.25) is 0 Å². The van der Waals surface area contributed by atoms with E-state index in [1.165, 1.54) is 24.1 Å². The summed E-state index contributed by atoms with van der Waals surface area (Å²) in [6, 6.07) is 4.11. The topological polar surface area (TPSA) is 60.8 Å². The van der Waals surface area contributed by atoms with Crippen LogP contribution in [0.1, 0.15) is 29.3 Å². The number of amides is 1. The van der Waals surface area contributed by atoms with Gasteiger partial charge in [-0.15, -0.1) is 0 Å². The van der Waals surface area contributed by atoms with Crippen molar-refractivity contribution in [1.82, 2.24) is 4.90 Å². The Bertz CT molecular complexity index is 532. The maximum Gasteiger partial charge on any atom is 0.256 e. The summed E-state index contributed by atoms with van der Waals surface area (Å²) in [7, 11) is 1.50. The third-order valence-electron chi connectivity index (χ3n) is 2.55. The normalized spacial score (nSPS) is 11.4. The van der Waals surface area contributed by atoms with Gasteiger partial charge in [0.1, 0.15) is 5.82 Å². The van der Waals surface area contributed by atoms with E-state index in [0.717, 1.165) is 0 Å². The fourth-order valence-electron chi connectivity index (χ4n) is 1.67. The Morgan fingerprint density at radius 2 is 2.20 bits per heavy atom. The second-order valence-electron chi connectivity index (χ2n) is 4.50. The van der Waals surface area contributed by atoms with Crippen LogP contribution in [-0.4, -0.2) is 47.3 Å². The van der Waals surface area contributed by atoms with Gasteiger partial charge < -0.3 is 15.1 Å². The van der Waals surface area contributed by atoms with Crippen LogP contribution in [0, 0.1) is 17.7 Å². The van der Waals surface area contributed by atoms with E-state index in [2.05, 4.69) is 11.8 Å². The fraction of sp³-hybridized carbons (Fsp3) is 0.400. The molecule has 108 valence electrons. The van der Waals surface area contributed by atoms with Crippen LogP contribution in [0.4, 0.5) is 4.39 Å². The Labute approximate surface area is 117 Å². The average Bonchev–Trinajstić information content (AvgIpc) is 2.37. The highest BCUT2D eigenvalue weighted by atomic mass is 19.1. The minimum atomic E-state index is -0.671. The molecular formula is C15H18FNO3. The molecule has 1 aromatic rings. The Kier molecular flexibility index (Phi) is 6.16. The van der Waals surface area contributed by atoms with E-state index in [9.17, 15) is 14.3 Å². The number of rotatable bonds is 4. The molecule has 0 aliphatic carbocycles. The van der Waals surface area contributed by atoms with Crippen molar-refractivity contribution in [3.8, 4) is 11.8 Å². The van der Waals surface area contributed by atoms with Crippen molar-refractivity contribution < 1.29 is 19.4 Å². The molecule has 1 atom stereocenters. The second kappa shape index (κ2) is 7.63. The van der Waals surface area contributed by atoms with E-state index in [-0.39, 0.29) is 18.7 Å². The maximum absolute atomic E-state index is 13.9. The minimum Gasteiger partial charge on any atom is -0.395 e. The lowest BCUT2D eigenvalue weighted by molar-refractivity contribution is 0.0699. The number of benzene rings is 1. The van der Waals surface area contributed by atoms with Crippen molar-refractivity contribution in [3.63, 3.8) is 0 Å². The monoisotopic (exact) mass is 279 g/mol. The number of hydrogen-bond donors (Lipinski definition) is 2. The zero-order chi connectivity index (χ0) is 15.1. The van der Waals surface area contributed by atoms with E-state index in [0.29, 0.717) is 12.0 Å². The van der Waals surface area contributed by atoms with Crippen LogP contribution >= 0.6 is 0 Å². The van der Waals surface area contributed by atoms with Crippen molar-refractivity contribution in [3.05, 3.63) is 35.1 Å². The highest BCUT2D eigenvalue weighted by molar-refractivity contribution is 5.94. The molecule has 0 saturated heterocycles. The molecule has 0 aliphatic rings. The van der Waals surface area contributed by atoms with Crippen molar-refractivity contribution >= 4 is 5.91 Å². The molecule has 2 N–H and O–H groups in total. The molecule has 0 aromatic heterocycles. The molecular weight excluding hydrogens is 261 g/mol. The number of carbonyl (C=O) groups is 1. The number of aliphatic hydroxyl groups excluding tert-OH is 2. The van der Waals surface area contributed by atoms with Crippen molar-refractivity contribution in [1.29, 1.82) is 0 Å². The lowest BCUT2D eigenvalue weighted by Gasteiger charge is -2.19. The number of carbonyl (C=O) groups excluding carboxylic acids is 1. The molecule has 0 heterocycles. The van der Waals surface area contributed by atoms with Gasteiger partial charge in [-0.2, -0.15) is 0 Å². The van der Waals surface area contributed by atoms with Gasteiger partial charge >= 0.3 is 0 Å². The van der Waals surface area contributed by atoms with E-state index < -0.39 is 17.8 Å². The summed E-state index contributed by atoms with van der Waals surface area (Å²) in [6.45, 7) is 1.65. The predicted molar refractivity (Wildman–Crippen MR) is 73.6 cm³/mol. The highest BCUT2D eigenvalue weighted by Gasteiger charge is 2.17. The molecule has 0 spiro atoms. The third kappa shape index (κ3) is 4.65. The first-order chi connectivity index (χ1) is 9.45. The predicted octanol–water partition coefficient (Wildman–Crippen LogP) is 1.01. The summed E-state index contributed by atoms with van der Waals surface area (Å²) >= 11 is 0. The molecule has 0 saturated carbocycles. The van der Waals surface area contributed by atoms with Gasteiger partial charge in [0.25, 0.3) is 5.91 Å². The molecule has 1 aromatic carbocycles. The Morgan fingerprint density at radius 3 is 2.75 bits per heavy atom. The van der Waals surface area contributed by atoms with Crippen LogP contribution in [0.2, 0.25) is 0 Å². The summed E-state index contributed by atoms with van der Waals surface area (Å²) in [5.74, 6) is 4.24.